The predicted molar refractivity (Wildman–Crippen MR) is 130 cm³/mol. The molecule has 1 heterocycles. The fourth-order valence-corrected chi connectivity index (χ4v) is 5.19. The van der Waals surface area contributed by atoms with Crippen LogP contribution >= 0.6 is 7.60 Å². The first-order valence-electron chi connectivity index (χ1n) is 10.7. The fourth-order valence-electron chi connectivity index (χ4n) is 3.59. The van der Waals surface area contributed by atoms with Crippen LogP contribution in [0, 0.1) is 0 Å². The normalized spacial score (nSPS) is 11.7. The van der Waals surface area contributed by atoms with E-state index in [0.717, 1.165) is 28.7 Å². The number of pyridine rings is 1. The zero-order valence-corrected chi connectivity index (χ0v) is 22.5. The Morgan fingerprint density at radius 1 is 0.906 bits per heavy atom. The molecule has 0 radical (unpaired) electrons. The monoisotopic (exact) mass is 566 g/mol. The number of hydrogen-bond acceptors (Lipinski definition) is 4. The maximum atomic E-state index is 13.1. The van der Waals surface area contributed by atoms with Crippen LogP contribution in [0.4, 0.5) is 5.69 Å². The van der Waals surface area contributed by atoms with Gasteiger partial charge in [-0.25, -0.2) is 0 Å². The molecule has 0 aliphatic heterocycles. The van der Waals surface area contributed by atoms with E-state index in [4.69, 9.17) is 9.05 Å². The van der Waals surface area contributed by atoms with Crippen LogP contribution in [-0.2, 0) is 20.2 Å². The average Bonchev–Trinajstić information content (AvgIpc) is 2.77. The van der Waals surface area contributed by atoms with Crippen molar-refractivity contribution in [3.63, 3.8) is 0 Å². The molecule has 2 aromatic carbocycles. The molecule has 0 bridgehead atoms. The summed E-state index contributed by atoms with van der Waals surface area (Å²) in [7, 11) is 0.775. The standard InChI is InChI=1S/C25H32N2O3P.HI/c1-6-27-23(15-11-20-9-13-22(14-10-20)26(4)5)16-12-21-19-24(17-18-25(21)27)31(28,29-7-2)30-8-3;/h9-19H,6-8H2,1-5H3;1H/q+1;/p-1. The molecule has 0 aliphatic carbocycles. The van der Waals surface area contributed by atoms with Crippen molar-refractivity contribution in [3.8, 4) is 0 Å². The van der Waals surface area contributed by atoms with Crippen LogP contribution in [0.25, 0.3) is 23.1 Å². The molecule has 0 amide bonds. The van der Waals surface area contributed by atoms with Crippen molar-refractivity contribution < 1.29 is 42.2 Å². The summed E-state index contributed by atoms with van der Waals surface area (Å²) in [5.41, 5.74) is 4.52. The third-order valence-electron chi connectivity index (χ3n) is 5.13. The van der Waals surface area contributed by atoms with Crippen molar-refractivity contribution in [1.82, 2.24) is 0 Å². The lowest BCUT2D eigenvalue weighted by atomic mass is 10.1. The average molecular weight is 566 g/mol. The van der Waals surface area contributed by atoms with E-state index >= 15 is 0 Å². The lowest BCUT2D eigenvalue weighted by Crippen LogP contribution is -3.00. The molecule has 3 rings (SSSR count). The van der Waals surface area contributed by atoms with E-state index in [-0.39, 0.29) is 24.0 Å². The van der Waals surface area contributed by atoms with Crippen molar-refractivity contribution in [2.75, 3.05) is 32.2 Å². The molecule has 172 valence electrons. The third-order valence-corrected chi connectivity index (χ3v) is 7.24. The summed E-state index contributed by atoms with van der Waals surface area (Å²) in [6.45, 7) is 7.27. The van der Waals surface area contributed by atoms with Gasteiger partial charge in [0.25, 0.3) is 0 Å². The van der Waals surface area contributed by atoms with E-state index in [1.807, 2.05) is 46.1 Å². The van der Waals surface area contributed by atoms with E-state index in [1.165, 1.54) is 5.69 Å². The van der Waals surface area contributed by atoms with Crippen LogP contribution in [0.3, 0.4) is 0 Å². The summed E-state index contributed by atoms with van der Waals surface area (Å²) in [5, 5.41) is 1.60. The van der Waals surface area contributed by atoms with Gasteiger partial charge >= 0.3 is 7.60 Å². The number of fused-ring (bicyclic) bond motifs is 1. The summed E-state index contributed by atoms with van der Waals surface area (Å²) in [4.78, 5) is 2.09. The SMILES string of the molecule is CCOP(=O)(OCC)c1ccc2c(ccc(/C=C/c3ccc(N(C)C)cc3)[n+]2CC)c1.[I-]. The summed E-state index contributed by atoms with van der Waals surface area (Å²) in [5.74, 6) is 0. The van der Waals surface area contributed by atoms with Gasteiger partial charge in [0, 0.05) is 43.4 Å². The van der Waals surface area contributed by atoms with Gasteiger partial charge in [0.15, 0.2) is 0 Å². The minimum atomic E-state index is -3.30. The molecule has 32 heavy (non-hydrogen) atoms. The van der Waals surface area contributed by atoms with Gasteiger partial charge in [-0.05, 0) is 62.7 Å². The Morgan fingerprint density at radius 3 is 2.12 bits per heavy atom. The van der Waals surface area contributed by atoms with Crippen LogP contribution in [-0.4, -0.2) is 27.3 Å². The minimum Gasteiger partial charge on any atom is -1.00 e. The molecular weight excluding hydrogens is 534 g/mol. The largest absolute Gasteiger partial charge is 1.00 e. The molecular formula is C25H32IN2O3P. The van der Waals surface area contributed by atoms with Gasteiger partial charge in [0.2, 0.25) is 11.2 Å². The molecule has 0 aliphatic rings. The predicted octanol–water partition coefficient (Wildman–Crippen LogP) is 2.28. The quantitative estimate of drug-likeness (QED) is 0.227. The number of halogens is 1. The number of benzene rings is 2. The number of aromatic nitrogens is 1. The van der Waals surface area contributed by atoms with E-state index in [1.54, 1.807) is 0 Å². The highest BCUT2D eigenvalue weighted by Gasteiger charge is 2.27. The third kappa shape index (κ3) is 5.98. The van der Waals surface area contributed by atoms with Gasteiger partial charge in [-0.1, -0.05) is 12.1 Å². The van der Waals surface area contributed by atoms with Gasteiger partial charge < -0.3 is 37.9 Å². The lowest BCUT2D eigenvalue weighted by molar-refractivity contribution is -0.669. The first kappa shape index (κ1) is 26.5. The van der Waals surface area contributed by atoms with Gasteiger partial charge in [-0.2, -0.15) is 4.57 Å². The van der Waals surface area contributed by atoms with Crippen molar-refractivity contribution >= 4 is 41.6 Å². The molecule has 3 aromatic rings. The number of hydrogen-bond donors (Lipinski definition) is 0. The Morgan fingerprint density at radius 2 is 1.56 bits per heavy atom. The first-order valence-corrected chi connectivity index (χ1v) is 12.3. The molecule has 0 fully saturated rings. The van der Waals surface area contributed by atoms with E-state index < -0.39 is 7.60 Å². The maximum absolute atomic E-state index is 13.1. The molecule has 0 unspecified atom stereocenters. The second-order valence-corrected chi connectivity index (χ2v) is 9.43. The molecule has 5 nitrogen and oxygen atoms in total. The zero-order chi connectivity index (χ0) is 22.4. The second kappa shape index (κ2) is 11.9. The van der Waals surface area contributed by atoms with Crippen LogP contribution in [0.2, 0.25) is 0 Å². The van der Waals surface area contributed by atoms with Crippen LogP contribution < -0.4 is 38.7 Å². The highest BCUT2D eigenvalue weighted by Crippen LogP contribution is 2.47. The van der Waals surface area contributed by atoms with Gasteiger partial charge in [-0.3, -0.25) is 4.57 Å². The maximum Gasteiger partial charge on any atom is 0.361 e. The summed E-state index contributed by atoms with van der Waals surface area (Å²) >= 11 is 0. The number of aryl methyl sites for hydroxylation is 1. The van der Waals surface area contributed by atoms with E-state index in [0.29, 0.717) is 18.5 Å². The summed E-state index contributed by atoms with van der Waals surface area (Å²) in [6.07, 6.45) is 4.26. The fraction of sp³-hybridized carbons (Fsp3) is 0.320. The minimum absolute atomic E-state index is 0. The summed E-state index contributed by atoms with van der Waals surface area (Å²) in [6, 6.07) is 18.4. The molecule has 7 heteroatoms. The van der Waals surface area contributed by atoms with Crippen molar-refractivity contribution in [3.05, 3.63) is 65.9 Å². The summed E-state index contributed by atoms with van der Waals surface area (Å²) < 4.78 is 26.4. The first-order chi connectivity index (χ1) is 14.9. The Kier molecular flexibility index (Phi) is 9.89. The molecule has 0 saturated heterocycles. The van der Waals surface area contributed by atoms with Crippen molar-refractivity contribution in [2.24, 2.45) is 0 Å². The lowest BCUT2D eigenvalue weighted by Gasteiger charge is -2.17. The smallest absolute Gasteiger partial charge is 0.361 e. The highest BCUT2D eigenvalue weighted by atomic mass is 127. The molecule has 0 spiro atoms. The molecule has 1 aromatic heterocycles. The molecule has 0 saturated carbocycles. The second-order valence-electron chi connectivity index (χ2n) is 7.40. The van der Waals surface area contributed by atoms with Crippen LogP contribution in [0.5, 0.6) is 0 Å². The van der Waals surface area contributed by atoms with Crippen LogP contribution in [0.15, 0.2) is 54.6 Å². The molecule has 0 atom stereocenters. The molecule has 0 N–H and O–H groups in total. The topological polar surface area (TPSA) is 42.7 Å². The number of rotatable bonds is 9. The van der Waals surface area contributed by atoms with Crippen molar-refractivity contribution in [2.45, 2.75) is 27.3 Å². The highest BCUT2D eigenvalue weighted by molar-refractivity contribution is 7.62. The Hall–Kier alpha value is -1.73. The van der Waals surface area contributed by atoms with Gasteiger partial charge in [0.1, 0.15) is 6.54 Å². The Labute approximate surface area is 208 Å². The van der Waals surface area contributed by atoms with Crippen molar-refractivity contribution in [1.29, 1.82) is 0 Å². The van der Waals surface area contributed by atoms with E-state index in [9.17, 15) is 4.57 Å². The number of nitrogens with zero attached hydrogens (tertiary/aromatic N) is 2. The Balaban J connectivity index is 0.00000363. The Bertz CT molecular complexity index is 1100. The zero-order valence-electron chi connectivity index (χ0n) is 19.4. The van der Waals surface area contributed by atoms with Crippen LogP contribution in [0.1, 0.15) is 32.0 Å². The number of anilines is 1. The van der Waals surface area contributed by atoms with Gasteiger partial charge in [0.05, 0.1) is 18.5 Å². The van der Waals surface area contributed by atoms with E-state index in [2.05, 4.69) is 64.9 Å². The van der Waals surface area contributed by atoms with Gasteiger partial charge in [-0.15, -0.1) is 0 Å².